The number of hydrogen-bond donors (Lipinski definition) is 1. The molecule has 0 radical (unpaired) electrons. The van der Waals surface area contributed by atoms with Crippen LogP contribution in [-0.4, -0.2) is 24.6 Å². The van der Waals surface area contributed by atoms with Crippen LogP contribution in [0.4, 0.5) is 11.4 Å². The van der Waals surface area contributed by atoms with Crippen LogP contribution in [0.25, 0.3) is 11.1 Å². The van der Waals surface area contributed by atoms with Crippen LogP contribution >= 0.6 is 0 Å². The number of carbonyl (C=O) groups excluding carboxylic acids is 1. The first-order chi connectivity index (χ1) is 11.0. The quantitative estimate of drug-likeness (QED) is 0.807. The molecule has 0 fully saturated rings. The van der Waals surface area contributed by atoms with Crippen LogP contribution in [0.1, 0.15) is 10.4 Å². The van der Waals surface area contributed by atoms with E-state index in [1.165, 1.54) is 4.57 Å². The molecular weight excluding hydrogens is 294 g/mol. The smallest absolute Gasteiger partial charge is 0.408 e. The molecule has 0 aliphatic carbocycles. The zero-order chi connectivity index (χ0) is 16.6. The second-order valence-corrected chi connectivity index (χ2v) is 5.50. The molecule has 6 heteroatoms. The number of nitrogens with zero attached hydrogens (tertiary/aromatic N) is 2. The van der Waals surface area contributed by atoms with Crippen molar-refractivity contribution in [3.05, 3.63) is 58.6 Å². The number of aryl methyl sites for hydroxylation is 1. The molecule has 0 saturated carbocycles. The molecule has 23 heavy (non-hydrogen) atoms. The van der Waals surface area contributed by atoms with Gasteiger partial charge in [-0.2, -0.15) is 0 Å². The highest BCUT2D eigenvalue weighted by molar-refractivity contribution is 6.05. The maximum atomic E-state index is 12.4. The van der Waals surface area contributed by atoms with Crippen LogP contribution < -0.4 is 16.0 Å². The Labute approximate surface area is 132 Å². The maximum absolute atomic E-state index is 12.4. The van der Waals surface area contributed by atoms with Gasteiger partial charge in [0.15, 0.2) is 5.58 Å². The summed E-state index contributed by atoms with van der Waals surface area (Å²) in [6.07, 6.45) is 0. The standard InChI is InChI=1S/C17H17N3O3/c1-19(2)13-7-5-12(6-8-13)18-16(21)11-4-9-15-14(10-11)20(3)17(22)23-15/h4-10H,1-3H3,(H,18,21). The Morgan fingerprint density at radius 2 is 1.83 bits per heavy atom. The Balaban J connectivity index is 1.85. The highest BCUT2D eigenvalue weighted by Gasteiger charge is 2.11. The normalized spacial score (nSPS) is 10.7. The van der Waals surface area contributed by atoms with Gasteiger partial charge >= 0.3 is 5.76 Å². The fourth-order valence-electron chi connectivity index (χ4n) is 2.31. The van der Waals surface area contributed by atoms with Gasteiger partial charge in [0.05, 0.1) is 5.52 Å². The van der Waals surface area contributed by atoms with Gasteiger partial charge in [0.25, 0.3) is 5.91 Å². The van der Waals surface area contributed by atoms with E-state index in [1.807, 2.05) is 43.3 Å². The third kappa shape index (κ3) is 2.83. The van der Waals surface area contributed by atoms with Gasteiger partial charge in [0.2, 0.25) is 0 Å². The number of benzene rings is 2. The third-order valence-corrected chi connectivity index (χ3v) is 3.70. The first-order valence-electron chi connectivity index (χ1n) is 7.14. The summed E-state index contributed by atoms with van der Waals surface area (Å²) in [5, 5.41) is 2.84. The van der Waals surface area contributed by atoms with E-state index in [2.05, 4.69) is 5.32 Å². The minimum atomic E-state index is -0.447. The second-order valence-electron chi connectivity index (χ2n) is 5.50. The fraction of sp³-hybridized carbons (Fsp3) is 0.176. The van der Waals surface area contributed by atoms with Crippen molar-refractivity contribution in [3.63, 3.8) is 0 Å². The van der Waals surface area contributed by atoms with Crippen LogP contribution in [0.5, 0.6) is 0 Å². The molecule has 2 aromatic carbocycles. The Morgan fingerprint density at radius 3 is 2.48 bits per heavy atom. The summed E-state index contributed by atoms with van der Waals surface area (Å²) in [6.45, 7) is 0. The van der Waals surface area contributed by atoms with Crippen molar-refractivity contribution < 1.29 is 9.21 Å². The van der Waals surface area contributed by atoms with Crippen LogP contribution in [0, 0.1) is 0 Å². The van der Waals surface area contributed by atoms with Crippen molar-refractivity contribution >= 4 is 28.4 Å². The van der Waals surface area contributed by atoms with E-state index in [1.54, 1.807) is 25.2 Å². The van der Waals surface area contributed by atoms with Crippen LogP contribution in [0.2, 0.25) is 0 Å². The highest BCUT2D eigenvalue weighted by atomic mass is 16.4. The van der Waals surface area contributed by atoms with Gasteiger partial charge in [0.1, 0.15) is 0 Å². The summed E-state index contributed by atoms with van der Waals surface area (Å²) in [5.74, 6) is -0.685. The van der Waals surface area contributed by atoms with E-state index >= 15 is 0 Å². The number of hydrogen-bond acceptors (Lipinski definition) is 4. The lowest BCUT2D eigenvalue weighted by molar-refractivity contribution is 0.102. The number of fused-ring (bicyclic) bond motifs is 1. The van der Waals surface area contributed by atoms with Crippen molar-refractivity contribution in [3.8, 4) is 0 Å². The average molecular weight is 311 g/mol. The molecule has 0 unspecified atom stereocenters. The van der Waals surface area contributed by atoms with Crippen molar-refractivity contribution in [2.45, 2.75) is 0 Å². The van der Waals surface area contributed by atoms with Crippen molar-refractivity contribution in [1.82, 2.24) is 4.57 Å². The lowest BCUT2D eigenvalue weighted by atomic mass is 10.2. The van der Waals surface area contributed by atoms with E-state index in [4.69, 9.17) is 4.42 Å². The van der Waals surface area contributed by atoms with Gasteiger partial charge in [-0.15, -0.1) is 0 Å². The fourth-order valence-corrected chi connectivity index (χ4v) is 2.31. The minimum absolute atomic E-state index is 0.238. The number of anilines is 2. The van der Waals surface area contributed by atoms with E-state index in [0.717, 1.165) is 5.69 Å². The molecule has 3 aromatic rings. The van der Waals surface area contributed by atoms with Gasteiger partial charge < -0.3 is 14.6 Å². The lowest BCUT2D eigenvalue weighted by Gasteiger charge is -2.13. The number of nitrogens with one attached hydrogen (secondary N) is 1. The number of rotatable bonds is 3. The molecule has 1 heterocycles. The minimum Gasteiger partial charge on any atom is -0.408 e. The summed E-state index contributed by atoms with van der Waals surface area (Å²) < 4.78 is 6.43. The molecule has 1 amide bonds. The topological polar surface area (TPSA) is 67.5 Å². The monoisotopic (exact) mass is 311 g/mol. The molecule has 6 nitrogen and oxygen atoms in total. The second kappa shape index (κ2) is 5.64. The van der Waals surface area contributed by atoms with E-state index in [-0.39, 0.29) is 5.91 Å². The van der Waals surface area contributed by atoms with Crippen LogP contribution in [0.3, 0.4) is 0 Å². The predicted octanol–water partition coefficient (Wildman–Crippen LogP) is 2.45. The van der Waals surface area contributed by atoms with Crippen molar-refractivity contribution in [1.29, 1.82) is 0 Å². The Hall–Kier alpha value is -3.02. The Morgan fingerprint density at radius 1 is 1.13 bits per heavy atom. The molecule has 0 saturated heterocycles. The number of oxazole rings is 1. The Kier molecular flexibility index (Phi) is 3.65. The number of carbonyl (C=O) groups is 1. The van der Waals surface area contributed by atoms with Gasteiger partial charge in [-0.25, -0.2) is 4.79 Å². The molecule has 0 atom stereocenters. The SMILES string of the molecule is CN(C)c1ccc(NC(=O)c2ccc3oc(=O)n(C)c3c2)cc1. The van der Waals surface area contributed by atoms with Gasteiger partial charge in [-0.1, -0.05) is 0 Å². The largest absolute Gasteiger partial charge is 0.419 e. The summed E-state index contributed by atoms with van der Waals surface area (Å²) in [6, 6.07) is 12.5. The summed E-state index contributed by atoms with van der Waals surface area (Å²) in [5.41, 5.74) is 3.28. The average Bonchev–Trinajstić information content (AvgIpc) is 2.82. The van der Waals surface area contributed by atoms with Crippen molar-refractivity contribution in [2.75, 3.05) is 24.3 Å². The zero-order valence-corrected chi connectivity index (χ0v) is 13.2. The maximum Gasteiger partial charge on any atom is 0.419 e. The predicted molar refractivity (Wildman–Crippen MR) is 90.2 cm³/mol. The van der Waals surface area contributed by atoms with Gasteiger partial charge in [-0.05, 0) is 42.5 Å². The van der Waals surface area contributed by atoms with Gasteiger partial charge in [0, 0.05) is 38.1 Å². The first kappa shape index (κ1) is 14.9. The van der Waals surface area contributed by atoms with Crippen LogP contribution in [-0.2, 0) is 7.05 Å². The summed E-state index contributed by atoms with van der Waals surface area (Å²) in [4.78, 5) is 25.8. The Bertz CT molecular complexity index is 920. The molecular formula is C17H17N3O3. The molecule has 0 spiro atoms. The first-order valence-corrected chi connectivity index (χ1v) is 7.14. The summed E-state index contributed by atoms with van der Waals surface area (Å²) >= 11 is 0. The van der Waals surface area contributed by atoms with E-state index in [0.29, 0.717) is 22.4 Å². The highest BCUT2D eigenvalue weighted by Crippen LogP contribution is 2.18. The number of amides is 1. The third-order valence-electron chi connectivity index (χ3n) is 3.70. The molecule has 0 aliphatic heterocycles. The van der Waals surface area contributed by atoms with E-state index < -0.39 is 5.76 Å². The van der Waals surface area contributed by atoms with Crippen LogP contribution in [0.15, 0.2) is 51.7 Å². The van der Waals surface area contributed by atoms with E-state index in [9.17, 15) is 9.59 Å². The zero-order valence-electron chi connectivity index (χ0n) is 13.2. The number of aromatic nitrogens is 1. The molecule has 3 rings (SSSR count). The molecule has 1 N–H and O–H groups in total. The molecule has 118 valence electrons. The molecule has 0 aliphatic rings. The lowest BCUT2D eigenvalue weighted by Crippen LogP contribution is -2.13. The van der Waals surface area contributed by atoms with Gasteiger partial charge in [-0.3, -0.25) is 9.36 Å². The van der Waals surface area contributed by atoms with Crippen molar-refractivity contribution in [2.24, 2.45) is 7.05 Å². The molecule has 0 bridgehead atoms. The molecule has 1 aromatic heterocycles. The summed E-state index contributed by atoms with van der Waals surface area (Å²) in [7, 11) is 5.52.